The van der Waals surface area contributed by atoms with E-state index in [1.165, 1.54) is 6.07 Å². The topological polar surface area (TPSA) is 198 Å². The number of carboxylic acids is 1. The van der Waals surface area contributed by atoms with E-state index in [9.17, 15) is 23.1 Å². The molecule has 1 aliphatic rings. The van der Waals surface area contributed by atoms with Crippen LogP contribution in [-0.2, 0) is 24.4 Å². The predicted molar refractivity (Wildman–Crippen MR) is 141 cm³/mol. The molecule has 1 heterocycles. The number of hydrogen-bond donors (Lipinski definition) is 5. The number of primary sulfonamides is 1. The summed E-state index contributed by atoms with van der Waals surface area (Å²) in [5.74, 6) is -2.10. The zero-order chi connectivity index (χ0) is 27.7. The maximum atomic E-state index is 13.4. The zero-order valence-corrected chi connectivity index (χ0v) is 21.1. The van der Waals surface area contributed by atoms with Crippen molar-refractivity contribution in [2.75, 3.05) is 5.32 Å². The van der Waals surface area contributed by atoms with Crippen molar-refractivity contribution < 1.29 is 28.0 Å². The van der Waals surface area contributed by atoms with Gasteiger partial charge in [0.1, 0.15) is 5.84 Å². The smallest absolute Gasteiger partial charge is 0.308 e. The number of amides is 1. The average Bonchev–Trinajstić information content (AvgIpc) is 3.29. The standard InChI is InChI=1S/C26H25N5O6S/c1-15-11-16(19-7-2-3-8-22(19)38(29,35)36)9-10-20(15)30-25(34)26(14-23(32)33)13-21(31-37-26)17-5-4-6-18(12-17)24(27)28/h2-12H,13-14H2,1H3,(H3,27,28)(H,30,34)(H,32,33)(H2,29,35,36). The number of anilines is 1. The number of carbonyl (C=O) groups is 2. The number of rotatable bonds is 8. The third kappa shape index (κ3) is 5.41. The van der Waals surface area contributed by atoms with Crippen LogP contribution in [0, 0.1) is 12.3 Å². The molecular weight excluding hydrogens is 510 g/mol. The molecule has 3 aromatic carbocycles. The van der Waals surface area contributed by atoms with Gasteiger partial charge in [-0.25, -0.2) is 13.6 Å². The number of sulfonamides is 1. The lowest BCUT2D eigenvalue weighted by molar-refractivity contribution is -0.152. The Kier molecular flexibility index (Phi) is 7.03. The van der Waals surface area contributed by atoms with Gasteiger partial charge in [-0.2, -0.15) is 0 Å². The highest BCUT2D eigenvalue weighted by molar-refractivity contribution is 7.89. The van der Waals surface area contributed by atoms with Crippen molar-refractivity contribution in [1.82, 2.24) is 0 Å². The van der Waals surface area contributed by atoms with E-state index < -0.39 is 33.9 Å². The number of oxime groups is 1. The molecule has 12 heteroatoms. The third-order valence-electron chi connectivity index (χ3n) is 6.12. The van der Waals surface area contributed by atoms with Crippen LogP contribution < -0.4 is 16.2 Å². The highest BCUT2D eigenvalue weighted by Gasteiger charge is 2.49. The second-order valence-electron chi connectivity index (χ2n) is 8.89. The van der Waals surface area contributed by atoms with Gasteiger partial charge in [-0.15, -0.1) is 0 Å². The number of nitrogens with one attached hydrogen (secondary N) is 2. The van der Waals surface area contributed by atoms with E-state index in [1.54, 1.807) is 67.6 Å². The van der Waals surface area contributed by atoms with Gasteiger partial charge in [-0.3, -0.25) is 15.0 Å². The maximum Gasteiger partial charge on any atom is 0.308 e. The molecule has 0 bridgehead atoms. The van der Waals surface area contributed by atoms with Gasteiger partial charge >= 0.3 is 5.97 Å². The molecule has 7 N–H and O–H groups in total. The van der Waals surface area contributed by atoms with Gasteiger partial charge in [-0.05, 0) is 42.3 Å². The van der Waals surface area contributed by atoms with Gasteiger partial charge in [0.25, 0.3) is 5.91 Å². The number of carboxylic acid groups (broad SMARTS) is 1. The first-order valence-electron chi connectivity index (χ1n) is 11.4. The predicted octanol–water partition coefficient (Wildman–Crippen LogP) is 2.57. The number of nitrogen functional groups attached to an aromatic ring is 1. The van der Waals surface area contributed by atoms with Crippen LogP contribution in [0.2, 0.25) is 0 Å². The molecule has 196 valence electrons. The molecule has 0 aromatic heterocycles. The van der Waals surface area contributed by atoms with E-state index in [0.717, 1.165) is 0 Å². The molecule has 3 aromatic rings. The first-order chi connectivity index (χ1) is 17.9. The number of aliphatic carboxylic acids is 1. The van der Waals surface area contributed by atoms with Crippen LogP contribution in [0.25, 0.3) is 11.1 Å². The molecular formula is C26H25N5O6S. The fourth-order valence-electron chi connectivity index (χ4n) is 4.20. The van der Waals surface area contributed by atoms with E-state index >= 15 is 0 Å². The van der Waals surface area contributed by atoms with E-state index in [-0.39, 0.29) is 17.2 Å². The van der Waals surface area contributed by atoms with E-state index in [2.05, 4.69) is 10.5 Å². The molecule has 0 aliphatic carbocycles. The SMILES string of the molecule is Cc1cc(-c2ccccc2S(N)(=O)=O)ccc1NC(=O)C1(CC(=O)O)CC(c2cccc(C(=N)N)c2)=NO1. The van der Waals surface area contributed by atoms with Crippen LogP contribution in [0.4, 0.5) is 5.69 Å². The minimum absolute atomic E-state index is 0.0329. The summed E-state index contributed by atoms with van der Waals surface area (Å²) in [6.45, 7) is 1.72. The maximum absolute atomic E-state index is 13.4. The summed E-state index contributed by atoms with van der Waals surface area (Å²) in [7, 11) is -3.96. The number of carbonyl (C=O) groups excluding carboxylic acids is 1. The number of aryl methyl sites for hydroxylation is 1. The summed E-state index contributed by atoms with van der Waals surface area (Å²) in [5, 5.41) is 29.2. The van der Waals surface area contributed by atoms with Crippen LogP contribution >= 0.6 is 0 Å². The van der Waals surface area contributed by atoms with Gasteiger partial charge in [-0.1, -0.05) is 47.6 Å². The first kappa shape index (κ1) is 26.5. The Morgan fingerprint density at radius 3 is 2.50 bits per heavy atom. The summed E-state index contributed by atoms with van der Waals surface area (Å²) in [6.07, 6.45) is -0.761. The van der Waals surface area contributed by atoms with E-state index in [0.29, 0.717) is 39.2 Å². The Hall–Kier alpha value is -4.55. The quantitative estimate of drug-likeness (QED) is 0.216. The van der Waals surface area contributed by atoms with Gasteiger partial charge in [0.2, 0.25) is 15.6 Å². The molecule has 4 rings (SSSR count). The molecule has 38 heavy (non-hydrogen) atoms. The van der Waals surface area contributed by atoms with Gasteiger partial charge < -0.3 is 21.0 Å². The highest BCUT2D eigenvalue weighted by Crippen LogP contribution is 2.34. The monoisotopic (exact) mass is 535 g/mol. The van der Waals surface area contributed by atoms with Gasteiger partial charge in [0.05, 0.1) is 17.0 Å². The summed E-state index contributed by atoms with van der Waals surface area (Å²) in [6, 6.07) is 17.8. The number of nitrogens with two attached hydrogens (primary N) is 2. The summed E-state index contributed by atoms with van der Waals surface area (Å²) in [4.78, 5) is 30.5. The Morgan fingerprint density at radius 1 is 1.11 bits per heavy atom. The lowest BCUT2D eigenvalue weighted by Gasteiger charge is -2.24. The van der Waals surface area contributed by atoms with Gasteiger partial charge in [0.15, 0.2) is 0 Å². The summed E-state index contributed by atoms with van der Waals surface area (Å²) < 4.78 is 24.0. The number of nitrogens with zero attached hydrogens (tertiary/aromatic N) is 1. The molecule has 0 fully saturated rings. The third-order valence-corrected chi connectivity index (χ3v) is 7.09. The number of amidine groups is 1. The van der Waals surface area contributed by atoms with Crippen molar-refractivity contribution in [3.05, 3.63) is 83.4 Å². The van der Waals surface area contributed by atoms with Crippen molar-refractivity contribution in [3.63, 3.8) is 0 Å². The summed E-state index contributed by atoms with van der Waals surface area (Å²) in [5.41, 5.74) is 7.05. The minimum Gasteiger partial charge on any atom is -0.481 e. The van der Waals surface area contributed by atoms with Crippen LogP contribution in [0.3, 0.4) is 0 Å². The normalized spacial score (nSPS) is 16.8. The fraction of sp³-hybridized carbons (Fsp3) is 0.154. The van der Waals surface area contributed by atoms with Crippen LogP contribution in [0.15, 0.2) is 76.8 Å². The summed E-state index contributed by atoms with van der Waals surface area (Å²) >= 11 is 0. The minimum atomic E-state index is -3.96. The van der Waals surface area contributed by atoms with Crippen molar-refractivity contribution >= 4 is 39.1 Å². The Morgan fingerprint density at radius 2 is 1.84 bits per heavy atom. The van der Waals surface area contributed by atoms with Crippen LogP contribution in [0.1, 0.15) is 29.5 Å². The molecule has 0 saturated heterocycles. The molecule has 1 aliphatic heterocycles. The molecule has 1 amide bonds. The van der Waals surface area contributed by atoms with Crippen LogP contribution in [-0.4, -0.2) is 42.5 Å². The van der Waals surface area contributed by atoms with Crippen LogP contribution in [0.5, 0.6) is 0 Å². The van der Waals surface area contributed by atoms with Crippen molar-refractivity contribution in [1.29, 1.82) is 5.41 Å². The van der Waals surface area contributed by atoms with E-state index in [1.807, 2.05) is 0 Å². The Labute approximate surface area is 218 Å². The van der Waals surface area contributed by atoms with Crippen molar-refractivity contribution in [3.8, 4) is 11.1 Å². The molecule has 1 unspecified atom stereocenters. The first-order valence-corrected chi connectivity index (χ1v) is 12.9. The highest BCUT2D eigenvalue weighted by atomic mass is 32.2. The lowest BCUT2D eigenvalue weighted by atomic mass is 9.89. The second-order valence-corrected chi connectivity index (χ2v) is 10.4. The lowest BCUT2D eigenvalue weighted by Crippen LogP contribution is -2.45. The zero-order valence-electron chi connectivity index (χ0n) is 20.3. The molecule has 0 spiro atoms. The van der Waals surface area contributed by atoms with Gasteiger partial charge in [0, 0.05) is 28.8 Å². The Balaban J connectivity index is 1.60. The molecule has 0 radical (unpaired) electrons. The number of benzene rings is 3. The Bertz CT molecular complexity index is 1600. The average molecular weight is 536 g/mol. The largest absolute Gasteiger partial charge is 0.481 e. The molecule has 1 atom stereocenters. The molecule has 11 nitrogen and oxygen atoms in total. The molecule has 0 saturated carbocycles. The van der Waals surface area contributed by atoms with Crippen molar-refractivity contribution in [2.45, 2.75) is 30.3 Å². The fourth-order valence-corrected chi connectivity index (χ4v) is 4.96. The second kappa shape index (κ2) is 10.1. The van der Waals surface area contributed by atoms with E-state index in [4.69, 9.17) is 21.1 Å². The number of hydrogen-bond acceptors (Lipinski definition) is 7. The van der Waals surface area contributed by atoms with Crippen molar-refractivity contribution in [2.24, 2.45) is 16.0 Å².